The summed E-state index contributed by atoms with van der Waals surface area (Å²) < 4.78 is 6.54. The van der Waals surface area contributed by atoms with Crippen molar-refractivity contribution in [2.24, 2.45) is 0 Å². The summed E-state index contributed by atoms with van der Waals surface area (Å²) in [5.41, 5.74) is 11.9. The van der Waals surface area contributed by atoms with Gasteiger partial charge in [0.2, 0.25) is 0 Å². The number of fused-ring (bicyclic) bond motifs is 5. The van der Waals surface area contributed by atoms with Gasteiger partial charge in [-0.05, 0) is 75.2 Å². The Morgan fingerprint density at radius 3 is 1.96 bits per heavy atom. The zero-order valence-corrected chi connectivity index (χ0v) is 27.8. The summed E-state index contributed by atoms with van der Waals surface area (Å²) in [6, 6.07) is 55.0. The van der Waals surface area contributed by atoms with Gasteiger partial charge in [-0.1, -0.05) is 146 Å². The third-order valence-electron chi connectivity index (χ3n) is 10.0. The number of furan rings is 1. The summed E-state index contributed by atoms with van der Waals surface area (Å²) in [5.74, 6) is 1.87. The SMILES string of the molecule is C1=C(c2ccc(-c3nc(-c4ccccc4)nc(-c4cccc5oc6cc(-c7cccc8ccccc78)ccc6c45)n3)cc2)c2ccccc2CC1. The Balaban J connectivity index is 1.10. The first-order chi connectivity index (χ1) is 25.3. The summed E-state index contributed by atoms with van der Waals surface area (Å²) in [7, 11) is 0. The molecule has 240 valence electrons. The van der Waals surface area contributed by atoms with Crippen LogP contribution in [0.25, 0.3) is 83.6 Å². The van der Waals surface area contributed by atoms with Gasteiger partial charge in [0.25, 0.3) is 0 Å². The lowest BCUT2D eigenvalue weighted by Gasteiger charge is -2.18. The third kappa shape index (κ3) is 5.12. The molecule has 0 saturated heterocycles. The molecule has 0 aliphatic heterocycles. The predicted octanol–water partition coefficient (Wildman–Crippen LogP) is 12.0. The molecule has 0 fully saturated rings. The Hall–Kier alpha value is -6.65. The highest BCUT2D eigenvalue weighted by molar-refractivity contribution is 6.13. The highest BCUT2D eigenvalue weighted by atomic mass is 16.3. The quantitative estimate of drug-likeness (QED) is 0.185. The maximum Gasteiger partial charge on any atom is 0.164 e. The first kappa shape index (κ1) is 29.3. The van der Waals surface area contributed by atoms with Gasteiger partial charge < -0.3 is 4.42 Å². The Kier molecular flexibility index (Phi) is 6.91. The minimum absolute atomic E-state index is 0.610. The van der Waals surface area contributed by atoms with E-state index in [4.69, 9.17) is 19.4 Å². The normalized spacial score (nSPS) is 12.7. The van der Waals surface area contributed by atoms with Crippen molar-refractivity contribution in [3.63, 3.8) is 0 Å². The Morgan fingerprint density at radius 1 is 0.431 bits per heavy atom. The van der Waals surface area contributed by atoms with Crippen LogP contribution in [-0.4, -0.2) is 15.0 Å². The number of allylic oxidation sites excluding steroid dienone is 1. The van der Waals surface area contributed by atoms with Crippen molar-refractivity contribution in [3.8, 4) is 45.3 Å². The number of aromatic nitrogens is 3. The Bertz CT molecular complexity index is 2790. The van der Waals surface area contributed by atoms with Crippen LogP contribution >= 0.6 is 0 Å². The average Bonchev–Trinajstić information content (AvgIpc) is 3.59. The smallest absolute Gasteiger partial charge is 0.164 e. The lowest BCUT2D eigenvalue weighted by atomic mass is 9.87. The molecule has 51 heavy (non-hydrogen) atoms. The lowest BCUT2D eigenvalue weighted by molar-refractivity contribution is 0.669. The maximum absolute atomic E-state index is 6.54. The monoisotopic (exact) mass is 653 g/mol. The largest absolute Gasteiger partial charge is 0.456 e. The van der Waals surface area contributed by atoms with Crippen LogP contribution in [0.1, 0.15) is 23.1 Å². The van der Waals surface area contributed by atoms with Crippen LogP contribution in [0.3, 0.4) is 0 Å². The second-order valence-corrected chi connectivity index (χ2v) is 13.1. The number of nitrogens with zero attached hydrogens (tertiary/aromatic N) is 3. The number of aryl methyl sites for hydroxylation is 1. The number of rotatable bonds is 5. The van der Waals surface area contributed by atoms with Crippen molar-refractivity contribution in [2.75, 3.05) is 0 Å². The molecule has 4 heteroatoms. The first-order valence-corrected chi connectivity index (χ1v) is 17.4. The molecule has 0 atom stereocenters. The highest BCUT2D eigenvalue weighted by Crippen LogP contribution is 2.39. The van der Waals surface area contributed by atoms with E-state index in [2.05, 4.69) is 121 Å². The third-order valence-corrected chi connectivity index (χ3v) is 10.0. The van der Waals surface area contributed by atoms with Gasteiger partial charge in [0.1, 0.15) is 11.2 Å². The Morgan fingerprint density at radius 2 is 1.08 bits per heavy atom. The van der Waals surface area contributed by atoms with Crippen molar-refractivity contribution < 1.29 is 4.42 Å². The summed E-state index contributed by atoms with van der Waals surface area (Å²) in [5, 5.41) is 4.45. The summed E-state index contributed by atoms with van der Waals surface area (Å²) in [4.78, 5) is 15.2. The van der Waals surface area contributed by atoms with E-state index in [0.717, 1.165) is 57.0 Å². The molecule has 10 rings (SSSR count). The molecule has 1 aliphatic rings. The molecule has 2 aromatic heterocycles. The fourth-order valence-corrected chi connectivity index (χ4v) is 7.55. The molecule has 0 saturated carbocycles. The van der Waals surface area contributed by atoms with Gasteiger partial charge in [0, 0.05) is 27.5 Å². The maximum atomic E-state index is 6.54. The van der Waals surface area contributed by atoms with Crippen molar-refractivity contribution in [2.45, 2.75) is 12.8 Å². The summed E-state index contributed by atoms with van der Waals surface area (Å²) in [6.45, 7) is 0. The van der Waals surface area contributed by atoms with Crippen LogP contribution in [0.5, 0.6) is 0 Å². The standard InChI is InChI=1S/C47H31N3O/c1-2-13-33(14-3-1)45-48-46(34-25-23-32(24-26-34)38-19-8-15-30-11-4-6-17-36(30)38)50-47(49-45)41-21-10-22-42-44(41)40-28-27-35(29-43(40)51-42)39-20-9-16-31-12-5-7-18-37(31)39/h1-7,9-14,16-29H,8,15H2. The first-order valence-electron chi connectivity index (χ1n) is 17.4. The molecule has 1 aliphatic carbocycles. The predicted molar refractivity (Wildman–Crippen MR) is 208 cm³/mol. The fraction of sp³-hybridized carbons (Fsp3) is 0.0426. The fourth-order valence-electron chi connectivity index (χ4n) is 7.55. The van der Waals surface area contributed by atoms with Crippen LogP contribution in [0.4, 0.5) is 0 Å². The molecule has 0 spiro atoms. The van der Waals surface area contributed by atoms with Gasteiger partial charge in [-0.15, -0.1) is 0 Å². The minimum Gasteiger partial charge on any atom is -0.456 e. The molecule has 0 N–H and O–H groups in total. The van der Waals surface area contributed by atoms with Crippen LogP contribution in [0, 0.1) is 0 Å². The number of benzene rings is 7. The van der Waals surface area contributed by atoms with E-state index in [1.54, 1.807) is 0 Å². The molecule has 0 bridgehead atoms. The second kappa shape index (κ2) is 12.0. The van der Waals surface area contributed by atoms with Gasteiger partial charge >= 0.3 is 0 Å². The summed E-state index contributed by atoms with van der Waals surface area (Å²) >= 11 is 0. The van der Waals surface area contributed by atoms with Crippen LogP contribution in [0.15, 0.2) is 168 Å². The van der Waals surface area contributed by atoms with Crippen LogP contribution in [0.2, 0.25) is 0 Å². The van der Waals surface area contributed by atoms with Crippen molar-refractivity contribution in [1.29, 1.82) is 0 Å². The van der Waals surface area contributed by atoms with Gasteiger partial charge in [0.05, 0.1) is 0 Å². The van der Waals surface area contributed by atoms with Crippen LogP contribution in [-0.2, 0) is 6.42 Å². The van der Waals surface area contributed by atoms with Gasteiger partial charge in [-0.3, -0.25) is 0 Å². The highest BCUT2D eigenvalue weighted by Gasteiger charge is 2.19. The van der Waals surface area contributed by atoms with Crippen molar-refractivity contribution in [1.82, 2.24) is 15.0 Å². The van der Waals surface area contributed by atoms with Gasteiger partial charge in [-0.25, -0.2) is 15.0 Å². The van der Waals surface area contributed by atoms with Crippen LogP contribution < -0.4 is 0 Å². The molecular formula is C47H31N3O. The van der Waals surface area contributed by atoms with E-state index in [1.165, 1.54) is 38.6 Å². The molecule has 0 unspecified atom stereocenters. The van der Waals surface area contributed by atoms with E-state index < -0.39 is 0 Å². The molecule has 9 aromatic rings. The zero-order valence-electron chi connectivity index (χ0n) is 27.8. The molecule has 0 amide bonds. The lowest BCUT2D eigenvalue weighted by Crippen LogP contribution is -2.02. The Labute approximate surface area is 295 Å². The second-order valence-electron chi connectivity index (χ2n) is 13.1. The van der Waals surface area contributed by atoms with E-state index in [0.29, 0.717) is 17.5 Å². The van der Waals surface area contributed by atoms with E-state index in [1.807, 2.05) is 42.5 Å². The van der Waals surface area contributed by atoms with Gasteiger partial charge in [0.15, 0.2) is 17.5 Å². The number of hydrogen-bond donors (Lipinski definition) is 0. The molecular weight excluding hydrogens is 623 g/mol. The van der Waals surface area contributed by atoms with Crippen molar-refractivity contribution >= 4 is 38.3 Å². The topological polar surface area (TPSA) is 51.8 Å². The molecule has 2 heterocycles. The number of hydrogen-bond acceptors (Lipinski definition) is 4. The van der Waals surface area contributed by atoms with Gasteiger partial charge in [-0.2, -0.15) is 0 Å². The molecule has 4 nitrogen and oxygen atoms in total. The molecule has 0 radical (unpaired) electrons. The van der Waals surface area contributed by atoms with E-state index in [9.17, 15) is 0 Å². The zero-order chi connectivity index (χ0) is 33.7. The van der Waals surface area contributed by atoms with E-state index in [-0.39, 0.29) is 0 Å². The van der Waals surface area contributed by atoms with E-state index >= 15 is 0 Å². The average molecular weight is 654 g/mol. The summed E-state index contributed by atoms with van der Waals surface area (Å²) in [6.07, 6.45) is 4.48. The van der Waals surface area contributed by atoms with Crippen molar-refractivity contribution in [3.05, 3.63) is 180 Å². The minimum atomic E-state index is 0.610. The molecule has 7 aromatic carbocycles.